The molecule has 0 fully saturated rings. The van der Waals surface area contributed by atoms with Crippen LogP contribution in [0.3, 0.4) is 0 Å². The van der Waals surface area contributed by atoms with Gasteiger partial charge >= 0.3 is 12.2 Å². The molecule has 0 saturated heterocycles. The summed E-state index contributed by atoms with van der Waals surface area (Å²) in [6.45, 7) is 0. The molecular weight excluding hydrogens is 267 g/mol. The summed E-state index contributed by atoms with van der Waals surface area (Å²) in [6.07, 6.45) is -5.18. The highest BCUT2D eigenvalue weighted by molar-refractivity contribution is 7.18. The second-order valence-corrected chi connectivity index (χ2v) is 4.65. The maximum absolute atomic E-state index is 12.3. The summed E-state index contributed by atoms with van der Waals surface area (Å²) in [6, 6.07) is 1.59. The van der Waals surface area contributed by atoms with E-state index in [9.17, 15) is 13.2 Å². The van der Waals surface area contributed by atoms with Gasteiger partial charge in [0.1, 0.15) is 10.6 Å². The van der Waals surface area contributed by atoms with Crippen LogP contribution < -0.4 is 10.1 Å². The first-order valence-corrected chi connectivity index (χ1v) is 5.83. The Morgan fingerprint density at radius 3 is 2.67 bits per heavy atom. The Labute approximate surface area is 105 Å². The van der Waals surface area contributed by atoms with E-state index in [2.05, 4.69) is 15.3 Å². The molecule has 98 valence electrons. The van der Waals surface area contributed by atoms with Crippen molar-refractivity contribution in [3.8, 4) is 6.01 Å². The maximum atomic E-state index is 12.3. The Balaban J connectivity index is 2.49. The Morgan fingerprint density at radius 2 is 2.11 bits per heavy atom. The molecule has 0 aliphatic carbocycles. The van der Waals surface area contributed by atoms with Gasteiger partial charge in [0, 0.05) is 11.9 Å². The lowest BCUT2D eigenvalue weighted by Gasteiger charge is -2.03. The van der Waals surface area contributed by atoms with E-state index in [-0.39, 0.29) is 10.9 Å². The van der Waals surface area contributed by atoms with Crippen molar-refractivity contribution in [2.45, 2.75) is 12.6 Å². The SMILES string of the molecule is CNc1nc(OC)nc2sc(CC(F)(F)F)cc12. The highest BCUT2D eigenvalue weighted by Crippen LogP contribution is 2.33. The third-order valence-electron chi connectivity index (χ3n) is 2.22. The number of anilines is 1. The van der Waals surface area contributed by atoms with Crippen LogP contribution in [0.1, 0.15) is 4.88 Å². The molecule has 8 heteroatoms. The number of thiophene rings is 1. The Hall–Kier alpha value is -1.57. The number of methoxy groups -OCH3 is 1. The van der Waals surface area contributed by atoms with Gasteiger partial charge in [0.15, 0.2) is 0 Å². The van der Waals surface area contributed by atoms with Crippen LogP contribution in [0, 0.1) is 0 Å². The monoisotopic (exact) mass is 277 g/mol. The molecule has 2 heterocycles. The Morgan fingerprint density at radius 1 is 1.39 bits per heavy atom. The van der Waals surface area contributed by atoms with Gasteiger partial charge in [-0.15, -0.1) is 11.3 Å². The van der Waals surface area contributed by atoms with Gasteiger partial charge < -0.3 is 10.1 Å². The fraction of sp³-hybridized carbons (Fsp3) is 0.400. The number of nitrogens with one attached hydrogen (secondary N) is 1. The van der Waals surface area contributed by atoms with Crippen molar-refractivity contribution >= 4 is 27.4 Å². The van der Waals surface area contributed by atoms with Crippen molar-refractivity contribution in [3.63, 3.8) is 0 Å². The number of fused-ring (bicyclic) bond motifs is 1. The highest BCUT2D eigenvalue weighted by Gasteiger charge is 2.29. The van der Waals surface area contributed by atoms with E-state index in [1.165, 1.54) is 13.2 Å². The van der Waals surface area contributed by atoms with Crippen molar-refractivity contribution in [1.82, 2.24) is 9.97 Å². The zero-order valence-corrected chi connectivity index (χ0v) is 10.4. The van der Waals surface area contributed by atoms with E-state index in [4.69, 9.17) is 4.74 Å². The van der Waals surface area contributed by atoms with E-state index in [0.717, 1.165) is 11.3 Å². The van der Waals surface area contributed by atoms with Crippen LogP contribution in [0.2, 0.25) is 0 Å². The molecule has 18 heavy (non-hydrogen) atoms. The van der Waals surface area contributed by atoms with E-state index >= 15 is 0 Å². The van der Waals surface area contributed by atoms with Crippen molar-refractivity contribution in [3.05, 3.63) is 10.9 Å². The van der Waals surface area contributed by atoms with Crippen molar-refractivity contribution in [1.29, 1.82) is 0 Å². The number of aromatic nitrogens is 2. The van der Waals surface area contributed by atoms with Gasteiger partial charge in [0.25, 0.3) is 0 Å². The minimum Gasteiger partial charge on any atom is -0.467 e. The number of ether oxygens (including phenoxy) is 1. The molecule has 0 aliphatic rings. The summed E-state index contributed by atoms with van der Waals surface area (Å²) < 4.78 is 41.9. The molecule has 2 aromatic heterocycles. The number of alkyl halides is 3. The predicted octanol–water partition coefficient (Wildman–Crippen LogP) is 2.85. The minimum absolute atomic E-state index is 0.132. The molecule has 1 N–H and O–H groups in total. The molecule has 2 rings (SSSR count). The predicted molar refractivity (Wildman–Crippen MR) is 63.3 cm³/mol. The van der Waals surface area contributed by atoms with Crippen LogP contribution in [0.4, 0.5) is 19.0 Å². The van der Waals surface area contributed by atoms with Crippen LogP contribution >= 0.6 is 11.3 Å². The smallest absolute Gasteiger partial charge is 0.393 e. The van der Waals surface area contributed by atoms with Gasteiger partial charge in [0.2, 0.25) is 0 Å². The zero-order chi connectivity index (χ0) is 13.3. The molecule has 0 aromatic carbocycles. The van der Waals surface area contributed by atoms with Crippen LogP contribution in [-0.2, 0) is 6.42 Å². The maximum Gasteiger partial charge on any atom is 0.393 e. The van der Waals surface area contributed by atoms with Gasteiger partial charge in [0.05, 0.1) is 18.9 Å². The zero-order valence-electron chi connectivity index (χ0n) is 9.63. The Kier molecular flexibility index (Phi) is 3.29. The third-order valence-corrected chi connectivity index (χ3v) is 3.25. The third kappa shape index (κ3) is 2.63. The number of hydrogen-bond acceptors (Lipinski definition) is 5. The van der Waals surface area contributed by atoms with Crippen LogP contribution in [0.5, 0.6) is 6.01 Å². The summed E-state index contributed by atoms with van der Waals surface area (Å²) in [7, 11) is 3.05. The molecule has 0 radical (unpaired) electrons. The van der Waals surface area contributed by atoms with Crippen molar-refractivity contribution in [2.75, 3.05) is 19.5 Å². The molecule has 4 nitrogen and oxygen atoms in total. The molecule has 2 aromatic rings. The minimum atomic E-state index is -4.22. The van der Waals surface area contributed by atoms with E-state index in [0.29, 0.717) is 16.0 Å². The molecule has 0 atom stereocenters. The van der Waals surface area contributed by atoms with Gasteiger partial charge in [-0.1, -0.05) is 0 Å². The second kappa shape index (κ2) is 4.60. The number of nitrogens with zero attached hydrogens (tertiary/aromatic N) is 2. The average Bonchev–Trinajstić information content (AvgIpc) is 2.66. The number of hydrogen-bond donors (Lipinski definition) is 1. The first-order valence-electron chi connectivity index (χ1n) is 5.02. The second-order valence-electron chi connectivity index (χ2n) is 3.53. The molecule has 0 saturated carbocycles. The summed E-state index contributed by atoms with van der Waals surface area (Å²) in [4.78, 5) is 8.74. The van der Waals surface area contributed by atoms with E-state index < -0.39 is 12.6 Å². The lowest BCUT2D eigenvalue weighted by atomic mass is 10.3. The molecular formula is C10H10F3N3OS. The first kappa shape index (κ1) is 12.9. The summed E-state index contributed by atoms with van der Waals surface area (Å²) in [5, 5.41) is 3.39. The largest absolute Gasteiger partial charge is 0.467 e. The van der Waals surface area contributed by atoms with Crippen LogP contribution in [0.25, 0.3) is 10.2 Å². The number of halogens is 3. The molecule has 0 unspecified atom stereocenters. The normalized spacial score (nSPS) is 11.8. The Bertz CT molecular complexity index is 567. The van der Waals surface area contributed by atoms with Crippen LogP contribution in [-0.4, -0.2) is 30.3 Å². The van der Waals surface area contributed by atoms with E-state index in [1.54, 1.807) is 7.05 Å². The van der Waals surface area contributed by atoms with Crippen molar-refractivity contribution in [2.24, 2.45) is 0 Å². The standard InChI is InChI=1S/C10H10F3N3OS/c1-14-7-6-3-5(4-10(11,12)13)18-8(6)16-9(15-7)17-2/h3H,4H2,1-2H3,(H,14,15,16). The summed E-state index contributed by atoms with van der Waals surface area (Å²) in [5.41, 5.74) is 0. The molecule has 0 aliphatic heterocycles. The van der Waals surface area contributed by atoms with Gasteiger partial charge in [-0.05, 0) is 6.07 Å². The first-order chi connectivity index (χ1) is 8.43. The van der Waals surface area contributed by atoms with Crippen molar-refractivity contribution < 1.29 is 17.9 Å². The number of rotatable bonds is 3. The van der Waals surface area contributed by atoms with Crippen LogP contribution in [0.15, 0.2) is 6.07 Å². The highest BCUT2D eigenvalue weighted by atomic mass is 32.1. The van der Waals surface area contributed by atoms with Gasteiger partial charge in [-0.2, -0.15) is 23.1 Å². The van der Waals surface area contributed by atoms with Gasteiger partial charge in [-0.3, -0.25) is 0 Å². The fourth-order valence-corrected chi connectivity index (χ4v) is 2.57. The van der Waals surface area contributed by atoms with Gasteiger partial charge in [-0.25, -0.2) is 0 Å². The lowest BCUT2D eigenvalue weighted by Crippen LogP contribution is -2.09. The summed E-state index contributed by atoms with van der Waals surface area (Å²) >= 11 is 0.992. The quantitative estimate of drug-likeness (QED) is 0.937. The molecule has 0 spiro atoms. The molecule has 0 bridgehead atoms. The molecule has 0 amide bonds. The lowest BCUT2D eigenvalue weighted by molar-refractivity contribution is -0.126. The van der Waals surface area contributed by atoms with E-state index in [1.807, 2.05) is 0 Å². The fourth-order valence-electron chi connectivity index (χ4n) is 1.52. The summed E-state index contributed by atoms with van der Waals surface area (Å²) in [5.74, 6) is 0.460. The average molecular weight is 277 g/mol. The topological polar surface area (TPSA) is 47.0 Å².